The molecule has 0 radical (unpaired) electrons. The van der Waals surface area contributed by atoms with Crippen LogP contribution in [0.25, 0.3) is 5.69 Å². The third-order valence-electron chi connectivity index (χ3n) is 3.14. The fourth-order valence-electron chi connectivity index (χ4n) is 1.83. The van der Waals surface area contributed by atoms with Crippen molar-refractivity contribution >= 4 is 0 Å². The number of nitrogens with zero attached hydrogens (tertiary/aromatic N) is 2. The van der Waals surface area contributed by atoms with Gasteiger partial charge in [0.15, 0.2) is 0 Å². The molecule has 0 saturated carbocycles. The molecule has 2 aromatic rings. The fraction of sp³-hybridized carbons (Fsp3) is 0.357. The quantitative estimate of drug-likeness (QED) is 0.786. The lowest BCUT2D eigenvalue weighted by atomic mass is 9.98. The van der Waals surface area contributed by atoms with Crippen LogP contribution >= 0.6 is 0 Å². The van der Waals surface area contributed by atoms with Crippen molar-refractivity contribution in [1.29, 1.82) is 0 Å². The van der Waals surface area contributed by atoms with Gasteiger partial charge in [0.25, 0.3) is 0 Å². The van der Waals surface area contributed by atoms with E-state index in [-0.39, 0.29) is 5.82 Å². The Balaban J connectivity index is 2.38. The third-order valence-corrected chi connectivity index (χ3v) is 3.14. The van der Waals surface area contributed by atoms with Crippen LogP contribution in [-0.4, -0.2) is 9.55 Å². The maximum atomic E-state index is 14.0. The number of imidazole rings is 1. The molecule has 0 aliphatic heterocycles. The number of halogens is 1. The van der Waals surface area contributed by atoms with E-state index in [1.165, 1.54) is 0 Å². The van der Waals surface area contributed by atoms with Crippen molar-refractivity contribution in [3.05, 3.63) is 47.8 Å². The molecule has 0 spiro atoms. The van der Waals surface area contributed by atoms with Gasteiger partial charge in [0.2, 0.25) is 0 Å². The van der Waals surface area contributed by atoms with Crippen molar-refractivity contribution in [1.82, 2.24) is 9.55 Å². The van der Waals surface area contributed by atoms with Gasteiger partial charge in [-0.25, -0.2) is 9.37 Å². The average Bonchev–Trinajstić information content (AvgIpc) is 2.74. The SMILES string of the molecule is CCC(C)c1ccc(-n2cnc(C)c2)c(F)c1. The number of hydrogen-bond acceptors (Lipinski definition) is 1. The van der Waals surface area contributed by atoms with Crippen molar-refractivity contribution in [2.75, 3.05) is 0 Å². The second-order valence-electron chi connectivity index (χ2n) is 4.44. The minimum absolute atomic E-state index is 0.194. The van der Waals surface area contributed by atoms with Crippen molar-refractivity contribution < 1.29 is 4.39 Å². The Morgan fingerprint density at radius 2 is 2.18 bits per heavy atom. The first-order valence-electron chi connectivity index (χ1n) is 5.92. The van der Waals surface area contributed by atoms with E-state index < -0.39 is 0 Å². The molecule has 2 rings (SSSR count). The van der Waals surface area contributed by atoms with Crippen LogP contribution in [-0.2, 0) is 0 Å². The van der Waals surface area contributed by atoms with E-state index in [4.69, 9.17) is 0 Å². The van der Waals surface area contributed by atoms with Crippen molar-refractivity contribution in [3.8, 4) is 5.69 Å². The zero-order chi connectivity index (χ0) is 12.4. The van der Waals surface area contributed by atoms with E-state index in [0.717, 1.165) is 17.7 Å². The predicted molar refractivity (Wildman–Crippen MR) is 67.0 cm³/mol. The Kier molecular flexibility index (Phi) is 3.27. The molecule has 90 valence electrons. The molecule has 17 heavy (non-hydrogen) atoms. The van der Waals surface area contributed by atoms with E-state index in [9.17, 15) is 4.39 Å². The number of aromatic nitrogens is 2. The summed E-state index contributed by atoms with van der Waals surface area (Å²) in [7, 11) is 0. The molecule has 2 nitrogen and oxygen atoms in total. The van der Waals surface area contributed by atoms with Crippen LogP contribution in [0.3, 0.4) is 0 Å². The summed E-state index contributed by atoms with van der Waals surface area (Å²) >= 11 is 0. The zero-order valence-electron chi connectivity index (χ0n) is 10.4. The maximum absolute atomic E-state index is 14.0. The molecule has 1 aromatic heterocycles. The van der Waals surface area contributed by atoms with Crippen LogP contribution < -0.4 is 0 Å². The van der Waals surface area contributed by atoms with E-state index in [1.54, 1.807) is 17.0 Å². The van der Waals surface area contributed by atoms with Gasteiger partial charge in [0, 0.05) is 6.20 Å². The second-order valence-corrected chi connectivity index (χ2v) is 4.44. The monoisotopic (exact) mass is 232 g/mol. The van der Waals surface area contributed by atoms with E-state index in [2.05, 4.69) is 18.8 Å². The van der Waals surface area contributed by atoms with Crippen LogP contribution in [0.5, 0.6) is 0 Å². The molecule has 1 atom stereocenters. The number of rotatable bonds is 3. The lowest BCUT2D eigenvalue weighted by Gasteiger charge is -2.11. The van der Waals surface area contributed by atoms with Gasteiger partial charge in [0.05, 0.1) is 17.7 Å². The molecule has 1 heterocycles. The number of aryl methyl sites for hydroxylation is 1. The van der Waals surface area contributed by atoms with Gasteiger partial charge in [-0.05, 0) is 37.0 Å². The average molecular weight is 232 g/mol. The fourth-order valence-corrected chi connectivity index (χ4v) is 1.83. The minimum atomic E-state index is -0.194. The summed E-state index contributed by atoms with van der Waals surface area (Å²) in [5, 5.41) is 0. The maximum Gasteiger partial charge on any atom is 0.147 e. The van der Waals surface area contributed by atoms with Crippen molar-refractivity contribution in [3.63, 3.8) is 0 Å². The van der Waals surface area contributed by atoms with Crippen LogP contribution in [0.1, 0.15) is 37.4 Å². The molecular weight excluding hydrogens is 215 g/mol. The minimum Gasteiger partial charge on any atom is -0.303 e. The molecule has 0 aliphatic rings. The summed E-state index contributed by atoms with van der Waals surface area (Å²) in [6.07, 6.45) is 4.47. The highest BCUT2D eigenvalue weighted by molar-refractivity contribution is 5.37. The lowest BCUT2D eigenvalue weighted by Crippen LogP contribution is -1.98. The topological polar surface area (TPSA) is 17.8 Å². The smallest absolute Gasteiger partial charge is 0.147 e. The van der Waals surface area contributed by atoms with Crippen LogP contribution in [0.15, 0.2) is 30.7 Å². The van der Waals surface area contributed by atoms with Gasteiger partial charge < -0.3 is 4.57 Å². The van der Waals surface area contributed by atoms with Gasteiger partial charge in [-0.3, -0.25) is 0 Å². The Morgan fingerprint density at radius 1 is 1.41 bits per heavy atom. The second kappa shape index (κ2) is 4.70. The molecule has 0 amide bonds. The van der Waals surface area contributed by atoms with Gasteiger partial charge in [0.1, 0.15) is 5.82 Å². The van der Waals surface area contributed by atoms with Crippen molar-refractivity contribution in [2.24, 2.45) is 0 Å². The Morgan fingerprint density at radius 3 is 2.71 bits per heavy atom. The van der Waals surface area contributed by atoms with Gasteiger partial charge in [-0.15, -0.1) is 0 Å². The van der Waals surface area contributed by atoms with Gasteiger partial charge in [-0.1, -0.05) is 19.9 Å². The van der Waals surface area contributed by atoms with E-state index in [0.29, 0.717) is 11.6 Å². The molecule has 1 unspecified atom stereocenters. The summed E-state index contributed by atoms with van der Waals surface area (Å²) in [5.41, 5.74) is 2.48. The summed E-state index contributed by atoms with van der Waals surface area (Å²) in [5.74, 6) is 0.197. The highest BCUT2D eigenvalue weighted by atomic mass is 19.1. The highest BCUT2D eigenvalue weighted by Gasteiger charge is 2.09. The molecule has 0 aliphatic carbocycles. The molecule has 0 N–H and O–H groups in total. The van der Waals surface area contributed by atoms with Gasteiger partial charge in [-0.2, -0.15) is 0 Å². The van der Waals surface area contributed by atoms with Crippen molar-refractivity contribution in [2.45, 2.75) is 33.1 Å². The molecule has 0 fully saturated rings. The van der Waals surface area contributed by atoms with E-state index >= 15 is 0 Å². The van der Waals surface area contributed by atoms with Crippen LogP contribution in [0, 0.1) is 12.7 Å². The van der Waals surface area contributed by atoms with Crippen LogP contribution in [0.2, 0.25) is 0 Å². The normalized spacial score (nSPS) is 12.7. The first-order chi connectivity index (χ1) is 8.11. The first-order valence-corrected chi connectivity index (χ1v) is 5.92. The van der Waals surface area contributed by atoms with E-state index in [1.807, 2.05) is 25.3 Å². The first kappa shape index (κ1) is 11.8. The standard InChI is InChI=1S/C14H17FN2/c1-4-10(2)12-5-6-14(13(15)7-12)17-8-11(3)16-9-17/h5-10H,4H2,1-3H3. The molecule has 3 heteroatoms. The molecule has 0 bridgehead atoms. The lowest BCUT2D eigenvalue weighted by molar-refractivity contribution is 0.610. The number of benzene rings is 1. The largest absolute Gasteiger partial charge is 0.303 e. The third kappa shape index (κ3) is 2.38. The predicted octanol–water partition coefficient (Wildman–Crippen LogP) is 3.83. The summed E-state index contributed by atoms with van der Waals surface area (Å²) in [6.45, 7) is 6.10. The zero-order valence-corrected chi connectivity index (χ0v) is 10.4. The van der Waals surface area contributed by atoms with Gasteiger partial charge >= 0.3 is 0 Å². The molecule has 0 saturated heterocycles. The molecular formula is C14H17FN2. The highest BCUT2D eigenvalue weighted by Crippen LogP contribution is 2.22. The Bertz CT molecular complexity index is 517. The molecule has 1 aromatic carbocycles. The Labute approximate surface area is 101 Å². The summed E-state index contributed by atoms with van der Waals surface area (Å²) < 4.78 is 15.7. The Hall–Kier alpha value is -1.64. The summed E-state index contributed by atoms with van der Waals surface area (Å²) in [6, 6.07) is 5.43. The van der Waals surface area contributed by atoms with Crippen LogP contribution in [0.4, 0.5) is 4.39 Å². The summed E-state index contributed by atoms with van der Waals surface area (Å²) in [4.78, 5) is 4.10. The number of hydrogen-bond donors (Lipinski definition) is 0.